The number of anilines is 6. The lowest BCUT2D eigenvalue weighted by molar-refractivity contribution is -0.668. The van der Waals surface area contributed by atoms with Crippen LogP contribution in [0.2, 0.25) is 0 Å². The van der Waals surface area contributed by atoms with Crippen LogP contribution in [0.3, 0.4) is 0 Å². The van der Waals surface area contributed by atoms with Crippen molar-refractivity contribution in [1.29, 1.82) is 0 Å². The number of hydrogen-bond donors (Lipinski definition) is 4. The summed E-state index contributed by atoms with van der Waals surface area (Å²) >= 11 is 0. The van der Waals surface area contributed by atoms with E-state index < -0.39 is 5.60 Å². The van der Waals surface area contributed by atoms with E-state index in [4.69, 9.17) is 19.8 Å². The van der Waals surface area contributed by atoms with Gasteiger partial charge < -0.3 is 62.0 Å². The number of quaternary nitrogens is 1. The fourth-order valence-electron chi connectivity index (χ4n) is 11.0. The van der Waals surface area contributed by atoms with Crippen molar-refractivity contribution < 1.29 is 32.4 Å². The molecule has 21 heteroatoms. The highest BCUT2D eigenvalue weighted by atomic mass is 35.5. The number of carbonyl (C=O) groups excluding carboxylic acids is 1. The van der Waals surface area contributed by atoms with Gasteiger partial charge in [-0.05, 0) is 124 Å². The van der Waals surface area contributed by atoms with E-state index in [1.54, 1.807) is 6.20 Å². The van der Waals surface area contributed by atoms with E-state index in [-0.39, 0.29) is 36.3 Å². The van der Waals surface area contributed by atoms with Crippen LogP contribution in [0.25, 0.3) is 22.1 Å². The van der Waals surface area contributed by atoms with E-state index in [0.717, 1.165) is 141 Å². The van der Waals surface area contributed by atoms with Crippen LogP contribution < -0.4 is 38.2 Å². The lowest BCUT2D eigenvalue weighted by Gasteiger charge is -2.46. The Kier molecular flexibility index (Phi) is 18.7. The summed E-state index contributed by atoms with van der Waals surface area (Å²) in [5.41, 5.74) is 4.33. The number of pyridine rings is 2. The minimum Gasteiger partial charge on any atom is -1.00 e. The second-order valence-electron chi connectivity index (χ2n) is 21.4. The summed E-state index contributed by atoms with van der Waals surface area (Å²) < 4.78 is 10.0. The van der Waals surface area contributed by atoms with E-state index in [0.29, 0.717) is 17.5 Å². The highest BCUT2D eigenvalue weighted by molar-refractivity contribution is 5.85. The Morgan fingerprint density at radius 1 is 0.630 bits per heavy atom. The number of ether oxygens (including phenoxy) is 1. The number of aromatic nitrogens is 10. The number of aliphatic hydroxyl groups excluding tert-OH is 1. The highest BCUT2D eigenvalue weighted by Gasteiger charge is 2.40. The average Bonchev–Trinajstić information content (AvgIpc) is 3.87. The number of amides is 1. The van der Waals surface area contributed by atoms with Crippen molar-refractivity contribution in [3.05, 3.63) is 60.7 Å². The maximum absolute atomic E-state index is 12.5. The fourth-order valence-corrected chi connectivity index (χ4v) is 11.0. The van der Waals surface area contributed by atoms with E-state index in [9.17, 15) is 4.79 Å². The highest BCUT2D eigenvalue weighted by Crippen LogP contribution is 2.43. The Morgan fingerprint density at radius 2 is 1.03 bits per heavy atom. The predicted molar refractivity (Wildman–Crippen MR) is 287 cm³/mol. The smallest absolute Gasteiger partial charge is 0.410 e. The number of hydrogen-bond acceptors (Lipinski definition) is 15. The number of nitrogens with zero attached hydrogens (tertiary/aromatic N) is 13. The number of aliphatic hydroxyl groups is 1. The first-order valence-electron chi connectivity index (χ1n) is 25.7. The number of halogens is 2. The van der Waals surface area contributed by atoms with Crippen LogP contribution in [0.4, 0.5) is 40.0 Å². The number of aryl methyl sites for hydroxylation is 2. The van der Waals surface area contributed by atoms with Gasteiger partial charge in [0.2, 0.25) is 11.9 Å². The lowest BCUT2D eigenvalue weighted by Crippen LogP contribution is -3.00. The molecule has 0 unspecified atom stereocenters. The summed E-state index contributed by atoms with van der Waals surface area (Å²) in [5, 5.41) is 16.2. The van der Waals surface area contributed by atoms with E-state index in [2.05, 4.69) is 98.5 Å². The van der Waals surface area contributed by atoms with Crippen molar-refractivity contribution in [2.24, 2.45) is 10.8 Å². The Hall–Kier alpha value is -5.63. The van der Waals surface area contributed by atoms with Crippen LogP contribution in [-0.2, 0) is 4.74 Å². The van der Waals surface area contributed by atoms with E-state index >= 15 is 0 Å². The van der Waals surface area contributed by atoms with Crippen LogP contribution >= 0.6 is 12.4 Å². The van der Waals surface area contributed by atoms with Crippen LogP contribution in [0.5, 0.6) is 0 Å². The van der Waals surface area contributed by atoms with E-state index in [1.807, 2.05) is 76.3 Å². The van der Waals surface area contributed by atoms with Gasteiger partial charge in [0, 0.05) is 95.8 Å². The Bertz CT molecular complexity index is 2740. The van der Waals surface area contributed by atoms with Crippen LogP contribution in [0.15, 0.2) is 49.1 Å². The largest absolute Gasteiger partial charge is 1.00 e. The summed E-state index contributed by atoms with van der Waals surface area (Å²) in [6.07, 6.45) is 16.5. The third-order valence-electron chi connectivity index (χ3n) is 14.8. The molecule has 4 saturated heterocycles. The summed E-state index contributed by atoms with van der Waals surface area (Å²) in [6, 6.07) is 8.53. The van der Waals surface area contributed by atoms with Crippen molar-refractivity contribution in [2.45, 2.75) is 131 Å². The minimum absolute atomic E-state index is 0. The van der Waals surface area contributed by atoms with Gasteiger partial charge in [-0.2, -0.15) is 9.97 Å². The molecule has 10 heterocycles. The first-order valence-corrected chi connectivity index (χ1v) is 25.7. The molecule has 19 nitrogen and oxygen atoms in total. The standard InChI is InChI=1S/C28H40N8O2.C23H32N8.CH4O.2ClH/c1-19(2)36-20(3)31-21-18-30-24(17-22(21)36)32-23-7-12-29-25(33-23)34-13-8-28(9-14-34)10-15-35(16-11-28)26(37)38-27(4,5)6;1-16(2)31-17(3)27-18-15-26-21(14-19(18)31)28-20-4-9-25-22(29-20)30-12-7-23(8-13-30)5-10-24-11-6-23;1-2;;/h7,12,17-19H,8-11,13-16H2,1-6H3,(H,29,30,32,33);4,9,14-16,24H,5-8,10-13H2,1-3H3,(H,25,26,28,29);2H,1H3;2*1H. The summed E-state index contributed by atoms with van der Waals surface area (Å²) in [4.78, 5) is 56.0. The number of fused-ring (bicyclic) bond motifs is 2. The second-order valence-corrected chi connectivity index (χ2v) is 21.4. The van der Waals surface area contributed by atoms with Crippen LogP contribution in [-0.4, -0.2) is 130 Å². The van der Waals surface area contributed by atoms with Crippen LogP contribution in [0.1, 0.15) is 124 Å². The van der Waals surface area contributed by atoms with Gasteiger partial charge in [0.25, 0.3) is 0 Å². The molecule has 0 atom stereocenters. The molecule has 0 radical (unpaired) electrons. The van der Waals surface area contributed by atoms with E-state index in [1.165, 1.54) is 38.8 Å². The third kappa shape index (κ3) is 13.4. The monoisotopic (exact) mass is 1040 g/mol. The first kappa shape index (κ1) is 56.7. The second kappa shape index (κ2) is 24.1. The molecule has 0 aliphatic carbocycles. The molecular weight excluding hydrogens is 968 g/mol. The topological polar surface area (TPSA) is 210 Å². The van der Waals surface area contributed by atoms with Crippen molar-refractivity contribution in [3.8, 4) is 0 Å². The van der Waals surface area contributed by atoms with Crippen molar-refractivity contribution in [2.75, 3.05) is 79.9 Å². The van der Waals surface area contributed by atoms with Crippen molar-refractivity contribution in [1.82, 2.24) is 53.9 Å². The van der Waals surface area contributed by atoms with Gasteiger partial charge in [0.15, 0.2) is 0 Å². The molecule has 4 fully saturated rings. The summed E-state index contributed by atoms with van der Waals surface area (Å²) in [5.74, 6) is 6.54. The summed E-state index contributed by atoms with van der Waals surface area (Å²) in [7, 11) is 1.00. The van der Waals surface area contributed by atoms with Crippen molar-refractivity contribution in [3.63, 3.8) is 0 Å². The molecule has 0 saturated carbocycles. The zero-order valence-electron chi connectivity index (χ0n) is 44.5. The number of imidazole rings is 2. The maximum atomic E-state index is 12.5. The molecular formula is C52H78Cl2N16O3. The number of carbonyl (C=O) groups is 1. The molecule has 2 spiro atoms. The van der Waals surface area contributed by atoms with Gasteiger partial charge in [-0.15, -0.1) is 12.4 Å². The molecule has 6 aromatic rings. The van der Waals surface area contributed by atoms with Crippen LogP contribution in [0, 0.1) is 24.7 Å². The van der Waals surface area contributed by atoms with Gasteiger partial charge in [0.1, 0.15) is 51.6 Å². The zero-order chi connectivity index (χ0) is 50.5. The number of rotatable bonds is 8. The molecule has 73 heavy (non-hydrogen) atoms. The molecule has 0 aromatic carbocycles. The Balaban J connectivity index is 0.000000228. The van der Waals surface area contributed by atoms with Gasteiger partial charge >= 0.3 is 6.09 Å². The molecule has 4 aliphatic heterocycles. The Morgan fingerprint density at radius 3 is 1.42 bits per heavy atom. The number of nitrogens with one attached hydrogen (secondary N) is 2. The summed E-state index contributed by atoms with van der Waals surface area (Å²) in [6.45, 7) is 26.5. The Labute approximate surface area is 443 Å². The molecule has 1 amide bonds. The predicted octanol–water partition coefficient (Wildman–Crippen LogP) is 5.30. The van der Waals surface area contributed by atoms with Gasteiger partial charge in [0.05, 0.1) is 36.5 Å². The normalized spacial score (nSPS) is 17.4. The molecule has 398 valence electrons. The molecule has 10 rings (SSSR count). The maximum Gasteiger partial charge on any atom is 0.410 e. The van der Waals surface area contributed by atoms with Gasteiger partial charge in [-0.3, -0.25) is 0 Å². The number of likely N-dealkylation sites (tertiary alicyclic amines) is 1. The van der Waals surface area contributed by atoms with Crippen molar-refractivity contribution >= 4 is 75.7 Å². The number of nitrogens with two attached hydrogens (primary N) is 1. The molecule has 4 aliphatic rings. The molecule has 0 bridgehead atoms. The van der Waals surface area contributed by atoms with Gasteiger partial charge in [-0.1, -0.05) is 0 Å². The first-order chi connectivity index (χ1) is 34.0. The quantitative estimate of drug-likeness (QED) is 0.152. The molecule has 5 N–H and O–H groups in total. The number of piperidine rings is 4. The van der Waals surface area contributed by atoms with Gasteiger partial charge in [-0.25, -0.2) is 34.7 Å². The molecule has 6 aromatic heterocycles. The third-order valence-corrected chi connectivity index (χ3v) is 14.8. The average molecular weight is 1050 g/mol. The fraction of sp³-hybridized carbons (Fsp3) is 0.596. The zero-order valence-corrected chi connectivity index (χ0v) is 46.1. The SMILES string of the molecule is CO.Cc1nc2cnc(Nc3ccnc(N4CCC5(CCN(C(=O)OC(C)(C)C)CC5)CC4)n3)cc2n1C(C)C.Cc1nc2cnc(Nc3ccnc(N4CCC5(CC[NH2+]CC5)CC4)n3)cc2n1C(C)C.Cl.[Cl-]. The minimum atomic E-state index is -0.459. The lowest BCUT2D eigenvalue weighted by atomic mass is 9.71.